The van der Waals surface area contributed by atoms with Crippen molar-refractivity contribution in [3.63, 3.8) is 0 Å². The Morgan fingerprint density at radius 1 is 1.00 bits per heavy atom. The van der Waals surface area contributed by atoms with Gasteiger partial charge < -0.3 is 24.3 Å². The van der Waals surface area contributed by atoms with E-state index in [1.165, 1.54) is 5.56 Å². The minimum Gasteiger partial charge on any atom is -0.497 e. The van der Waals surface area contributed by atoms with Gasteiger partial charge in [-0.2, -0.15) is 0 Å². The predicted molar refractivity (Wildman–Crippen MR) is 87.5 cm³/mol. The van der Waals surface area contributed by atoms with Crippen LogP contribution in [0.4, 0.5) is 0 Å². The third kappa shape index (κ3) is 3.68. The average molecular weight is 315 g/mol. The molecule has 122 valence electrons. The zero-order chi connectivity index (χ0) is 16.1. The highest BCUT2D eigenvalue weighted by molar-refractivity contribution is 5.55. The summed E-state index contributed by atoms with van der Waals surface area (Å²) in [6.45, 7) is 1.90. The van der Waals surface area contributed by atoms with E-state index >= 15 is 0 Å². The Labute approximate surface area is 136 Å². The highest BCUT2D eigenvalue weighted by atomic mass is 16.7. The lowest BCUT2D eigenvalue weighted by Crippen LogP contribution is -2.16. The topological polar surface area (TPSA) is 49.0 Å². The molecular formula is C18H21NO4. The molecule has 1 aliphatic rings. The fraction of sp³-hybridized carbons (Fsp3) is 0.333. The molecule has 5 heteroatoms. The highest BCUT2D eigenvalue weighted by Crippen LogP contribution is 2.41. The Hall–Kier alpha value is -2.40. The van der Waals surface area contributed by atoms with E-state index in [0.717, 1.165) is 36.6 Å². The summed E-state index contributed by atoms with van der Waals surface area (Å²) in [5, 5.41) is 3.44. The maximum Gasteiger partial charge on any atom is 0.231 e. The van der Waals surface area contributed by atoms with E-state index in [1.54, 1.807) is 14.2 Å². The first-order valence-corrected chi connectivity index (χ1v) is 7.60. The second kappa shape index (κ2) is 7.24. The van der Waals surface area contributed by atoms with E-state index in [9.17, 15) is 0 Å². The number of ether oxygens (including phenoxy) is 4. The molecule has 1 heterocycles. The van der Waals surface area contributed by atoms with Crippen LogP contribution in [0.1, 0.15) is 11.1 Å². The summed E-state index contributed by atoms with van der Waals surface area (Å²) in [6, 6.07) is 12.1. The summed E-state index contributed by atoms with van der Waals surface area (Å²) in [5.41, 5.74) is 2.39. The van der Waals surface area contributed by atoms with Crippen LogP contribution >= 0.6 is 0 Å². The van der Waals surface area contributed by atoms with Gasteiger partial charge in [0, 0.05) is 6.54 Å². The highest BCUT2D eigenvalue weighted by Gasteiger charge is 2.19. The lowest BCUT2D eigenvalue weighted by Gasteiger charge is -2.09. The van der Waals surface area contributed by atoms with Gasteiger partial charge in [0.25, 0.3) is 0 Å². The molecule has 0 aromatic heterocycles. The Bertz CT molecular complexity index is 655. The summed E-state index contributed by atoms with van der Waals surface area (Å²) in [4.78, 5) is 0. The first-order chi connectivity index (χ1) is 11.3. The Balaban J connectivity index is 1.52. The van der Waals surface area contributed by atoms with E-state index < -0.39 is 0 Å². The Kier molecular flexibility index (Phi) is 4.88. The quantitative estimate of drug-likeness (QED) is 0.796. The zero-order valence-electron chi connectivity index (χ0n) is 13.4. The molecule has 2 aromatic carbocycles. The second-order valence-electron chi connectivity index (χ2n) is 5.31. The molecule has 0 radical (unpaired) electrons. The van der Waals surface area contributed by atoms with Crippen LogP contribution in [-0.2, 0) is 13.0 Å². The normalized spacial score (nSPS) is 12.3. The third-order valence-corrected chi connectivity index (χ3v) is 3.80. The molecule has 1 N–H and O–H groups in total. The van der Waals surface area contributed by atoms with Gasteiger partial charge in [-0.1, -0.05) is 12.1 Å². The van der Waals surface area contributed by atoms with Gasteiger partial charge in [-0.3, -0.25) is 0 Å². The summed E-state index contributed by atoms with van der Waals surface area (Å²) < 4.78 is 21.3. The standard InChI is InChI=1S/C18H21NO4/c1-20-15-5-3-13(4-6-15)7-8-19-11-14-9-16(21-2)18-17(10-14)22-12-23-18/h3-6,9-10,19H,7-8,11-12H2,1-2H3. The maximum atomic E-state index is 5.44. The van der Waals surface area contributed by atoms with Crippen molar-refractivity contribution in [2.24, 2.45) is 0 Å². The van der Waals surface area contributed by atoms with Crippen LogP contribution in [0, 0.1) is 0 Å². The SMILES string of the molecule is COc1ccc(CCNCc2cc(OC)c3c(c2)OCO3)cc1. The molecule has 0 bridgehead atoms. The van der Waals surface area contributed by atoms with Crippen molar-refractivity contribution in [2.45, 2.75) is 13.0 Å². The summed E-state index contributed by atoms with van der Waals surface area (Å²) in [7, 11) is 3.31. The molecule has 0 aliphatic carbocycles. The van der Waals surface area contributed by atoms with Crippen LogP contribution in [0.5, 0.6) is 23.0 Å². The molecule has 2 aromatic rings. The maximum absolute atomic E-state index is 5.44. The largest absolute Gasteiger partial charge is 0.497 e. The molecule has 1 aliphatic heterocycles. The number of benzene rings is 2. The van der Waals surface area contributed by atoms with Crippen LogP contribution in [-0.4, -0.2) is 27.6 Å². The van der Waals surface area contributed by atoms with Crippen molar-refractivity contribution >= 4 is 0 Å². The van der Waals surface area contributed by atoms with E-state index in [2.05, 4.69) is 17.4 Å². The van der Waals surface area contributed by atoms with E-state index in [4.69, 9.17) is 18.9 Å². The summed E-state index contributed by atoms with van der Waals surface area (Å²) >= 11 is 0. The van der Waals surface area contributed by atoms with Gasteiger partial charge in [-0.15, -0.1) is 0 Å². The van der Waals surface area contributed by atoms with E-state index in [1.807, 2.05) is 24.3 Å². The molecule has 0 fully saturated rings. The third-order valence-electron chi connectivity index (χ3n) is 3.80. The van der Waals surface area contributed by atoms with Crippen molar-refractivity contribution in [3.05, 3.63) is 47.5 Å². The minimum atomic E-state index is 0.250. The monoisotopic (exact) mass is 315 g/mol. The molecule has 0 saturated heterocycles. The molecule has 5 nitrogen and oxygen atoms in total. The number of fused-ring (bicyclic) bond motifs is 1. The van der Waals surface area contributed by atoms with Crippen LogP contribution in [0.2, 0.25) is 0 Å². The van der Waals surface area contributed by atoms with Gasteiger partial charge in [0.05, 0.1) is 14.2 Å². The van der Waals surface area contributed by atoms with Crippen molar-refractivity contribution in [2.75, 3.05) is 27.6 Å². The molecule has 0 saturated carbocycles. The van der Waals surface area contributed by atoms with E-state index in [-0.39, 0.29) is 6.79 Å². The molecule has 0 atom stereocenters. The van der Waals surface area contributed by atoms with Crippen LogP contribution < -0.4 is 24.3 Å². The fourth-order valence-electron chi connectivity index (χ4n) is 2.54. The smallest absolute Gasteiger partial charge is 0.231 e. The van der Waals surface area contributed by atoms with Gasteiger partial charge >= 0.3 is 0 Å². The molecule has 0 unspecified atom stereocenters. The molecule has 3 rings (SSSR count). The average Bonchev–Trinajstić information content (AvgIpc) is 3.07. The van der Waals surface area contributed by atoms with Crippen molar-refractivity contribution < 1.29 is 18.9 Å². The summed E-state index contributed by atoms with van der Waals surface area (Å²) in [6.07, 6.45) is 0.964. The minimum absolute atomic E-state index is 0.250. The van der Waals surface area contributed by atoms with Crippen LogP contribution in [0.3, 0.4) is 0 Å². The zero-order valence-corrected chi connectivity index (χ0v) is 13.4. The molecule has 23 heavy (non-hydrogen) atoms. The fourth-order valence-corrected chi connectivity index (χ4v) is 2.54. The van der Waals surface area contributed by atoms with Crippen molar-refractivity contribution in [1.29, 1.82) is 0 Å². The van der Waals surface area contributed by atoms with E-state index in [0.29, 0.717) is 11.5 Å². The number of nitrogens with one attached hydrogen (secondary N) is 1. The van der Waals surface area contributed by atoms with Crippen LogP contribution in [0.15, 0.2) is 36.4 Å². The number of rotatable bonds is 7. The number of hydrogen-bond acceptors (Lipinski definition) is 5. The van der Waals surface area contributed by atoms with Crippen molar-refractivity contribution in [3.8, 4) is 23.0 Å². The van der Waals surface area contributed by atoms with Gasteiger partial charge in [0.15, 0.2) is 11.5 Å². The van der Waals surface area contributed by atoms with Gasteiger partial charge in [-0.25, -0.2) is 0 Å². The predicted octanol–water partition coefficient (Wildman–Crippen LogP) is 2.76. The molecule has 0 spiro atoms. The number of hydrogen-bond donors (Lipinski definition) is 1. The second-order valence-corrected chi connectivity index (χ2v) is 5.31. The first-order valence-electron chi connectivity index (χ1n) is 7.60. The van der Waals surface area contributed by atoms with Crippen molar-refractivity contribution in [1.82, 2.24) is 5.32 Å². The Morgan fingerprint density at radius 2 is 1.83 bits per heavy atom. The van der Waals surface area contributed by atoms with Gasteiger partial charge in [0.2, 0.25) is 12.5 Å². The molecule has 0 amide bonds. The first kappa shape index (κ1) is 15.5. The number of methoxy groups -OCH3 is 2. The van der Waals surface area contributed by atoms with Gasteiger partial charge in [-0.05, 0) is 48.4 Å². The lowest BCUT2D eigenvalue weighted by atomic mass is 10.1. The summed E-state index contributed by atoms with van der Waals surface area (Å²) in [5.74, 6) is 3.03. The lowest BCUT2D eigenvalue weighted by molar-refractivity contribution is 0.171. The van der Waals surface area contributed by atoms with Crippen LogP contribution in [0.25, 0.3) is 0 Å². The molecular weight excluding hydrogens is 294 g/mol. The van der Waals surface area contributed by atoms with Gasteiger partial charge in [0.1, 0.15) is 5.75 Å². The Morgan fingerprint density at radius 3 is 2.57 bits per heavy atom.